The van der Waals surface area contributed by atoms with Crippen molar-refractivity contribution in [3.05, 3.63) is 75.0 Å². The number of aliphatic hydroxyl groups is 1. The highest BCUT2D eigenvalue weighted by atomic mass is 19.1. The zero-order chi connectivity index (χ0) is 21.3. The first-order chi connectivity index (χ1) is 13.7. The molecule has 0 saturated heterocycles. The van der Waals surface area contributed by atoms with Gasteiger partial charge in [-0.05, 0) is 44.5 Å². The summed E-state index contributed by atoms with van der Waals surface area (Å²) in [5.41, 5.74) is 0.708. The van der Waals surface area contributed by atoms with Crippen LogP contribution in [0.3, 0.4) is 0 Å². The van der Waals surface area contributed by atoms with Crippen molar-refractivity contribution in [3.8, 4) is 5.69 Å². The van der Waals surface area contributed by atoms with E-state index in [1.807, 2.05) is 0 Å². The molecule has 0 unspecified atom stereocenters. The topological polar surface area (TPSA) is 89.2 Å². The number of aliphatic hydroxyl groups excluding tert-OH is 1. The number of pyridine rings is 1. The van der Waals surface area contributed by atoms with Crippen molar-refractivity contribution in [2.75, 3.05) is 11.9 Å². The smallest absolute Gasteiger partial charge is 0.268 e. The van der Waals surface area contributed by atoms with Crippen molar-refractivity contribution in [3.63, 3.8) is 0 Å². The molecule has 0 fully saturated rings. The maximum absolute atomic E-state index is 14.1. The van der Waals surface area contributed by atoms with Crippen LogP contribution < -0.4 is 10.9 Å². The summed E-state index contributed by atoms with van der Waals surface area (Å²) < 4.78 is 30.1. The minimum absolute atomic E-state index is 0.114. The summed E-state index contributed by atoms with van der Waals surface area (Å²) in [5.74, 6) is -2.18. The van der Waals surface area contributed by atoms with Crippen LogP contribution >= 0.6 is 0 Å². The highest BCUT2D eigenvalue weighted by Gasteiger charge is 2.21. The number of carbonyl (C=O) groups is 1. The molecule has 2 heterocycles. The minimum Gasteiger partial charge on any atom is -0.394 e. The number of hydrogen-bond acceptors (Lipinski definition) is 4. The van der Waals surface area contributed by atoms with E-state index in [4.69, 9.17) is 5.11 Å². The number of aromatic nitrogens is 3. The molecule has 0 radical (unpaired) electrons. The van der Waals surface area contributed by atoms with E-state index in [0.717, 1.165) is 22.8 Å². The van der Waals surface area contributed by atoms with Crippen molar-refractivity contribution in [1.82, 2.24) is 14.3 Å². The third kappa shape index (κ3) is 3.81. The van der Waals surface area contributed by atoms with Crippen LogP contribution in [0, 0.1) is 32.4 Å². The Kier molecular flexibility index (Phi) is 5.60. The summed E-state index contributed by atoms with van der Waals surface area (Å²) in [4.78, 5) is 25.8. The molecule has 9 heteroatoms. The average molecular weight is 402 g/mol. The highest BCUT2D eigenvalue weighted by molar-refractivity contribution is 6.05. The predicted octanol–water partition coefficient (Wildman–Crippen LogP) is 2.48. The van der Waals surface area contributed by atoms with Crippen LogP contribution in [0.2, 0.25) is 0 Å². The van der Waals surface area contributed by atoms with E-state index in [-0.39, 0.29) is 24.4 Å². The number of carbonyl (C=O) groups excluding carboxylic acids is 1. The van der Waals surface area contributed by atoms with Gasteiger partial charge >= 0.3 is 0 Å². The summed E-state index contributed by atoms with van der Waals surface area (Å²) in [6.07, 6.45) is 1.29. The van der Waals surface area contributed by atoms with E-state index >= 15 is 0 Å². The molecule has 7 nitrogen and oxygen atoms in total. The summed E-state index contributed by atoms with van der Waals surface area (Å²) in [6, 6.07) is 4.23. The number of nitrogens with zero attached hydrogens (tertiary/aromatic N) is 3. The first kappa shape index (κ1) is 20.4. The highest BCUT2D eigenvalue weighted by Crippen LogP contribution is 2.21. The van der Waals surface area contributed by atoms with Gasteiger partial charge in [0.2, 0.25) is 0 Å². The lowest BCUT2D eigenvalue weighted by Crippen LogP contribution is -2.30. The van der Waals surface area contributed by atoms with Crippen LogP contribution in [-0.2, 0) is 6.54 Å². The molecule has 29 heavy (non-hydrogen) atoms. The standard InChI is InChI=1S/C20H20F2N4O3/c1-11-6-7-25(16-10-14(21)4-5-15(16)22)20(29)17(11)19(28)23-18-12(2)24-26(8-9-27)13(18)3/h4-7,10,27H,8-9H2,1-3H3,(H,23,28). The molecule has 2 aromatic heterocycles. The first-order valence-electron chi connectivity index (χ1n) is 8.88. The molecular formula is C20H20F2N4O3. The normalized spacial score (nSPS) is 11.0. The quantitative estimate of drug-likeness (QED) is 0.686. The van der Waals surface area contributed by atoms with Crippen LogP contribution in [0.4, 0.5) is 14.5 Å². The molecular weight excluding hydrogens is 382 g/mol. The van der Waals surface area contributed by atoms with Gasteiger partial charge in [-0.2, -0.15) is 5.10 Å². The number of benzene rings is 1. The zero-order valence-electron chi connectivity index (χ0n) is 16.2. The number of halogens is 2. The molecule has 0 spiro atoms. The van der Waals surface area contributed by atoms with Gasteiger partial charge in [-0.25, -0.2) is 8.78 Å². The Hall–Kier alpha value is -3.33. The first-order valence-corrected chi connectivity index (χ1v) is 8.88. The molecule has 0 bridgehead atoms. The lowest BCUT2D eigenvalue weighted by atomic mass is 10.1. The maximum Gasteiger partial charge on any atom is 0.268 e. The Morgan fingerprint density at radius 3 is 2.62 bits per heavy atom. The Morgan fingerprint density at radius 2 is 1.93 bits per heavy atom. The number of amides is 1. The summed E-state index contributed by atoms with van der Waals surface area (Å²) >= 11 is 0. The van der Waals surface area contributed by atoms with Gasteiger partial charge in [-0.3, -0.25) is 18.8 Å². The fourth-order valence-corrected chi connectivity index (χ4v) is 3.13. The van der Waals surface area contributed by atoms with Gasteiger partial charge in [0.25, 0.3) is 11.5 Å². The SMILES string of the molecule is Cc1ccn(-c2cc(F)ccc2F)c(=O)c1C(=O)Nc1c(C)nn(CCO)c1C. The number of hydrogen-bond donors (Lipinski definition) is 2. The van der Waals surface area contributed by atoms with Crippen molar-refractivity contribution in [2.45, 2.75) is 27.3 Å². The van der Waals surface area contributed by atoms with E-state index in [1.54, 1.807) is 25.5 Å². The zero-order valence-corrected chi connectivity index (χ0v) is 16.2. The average Bonchev–Trinajstić information content (AvgIpc) is 2.92. The molecule has 0 saturated carbocycles. The predicted molar refractivity (Wildman–Crippen MR) is 103 cm³/mol. The van der Waals surface area contributed by atoms with E-state index in [9.17, 15) is 18.4 Å². The van der Waals surface area contributed by atoms with Crippen LogP contribution in [0.15, 0.2) is 35.3 Å². The molecule has 0 aliphatic carbocycles. The number of aryl methyl sites for hydroxylation is 2. The van der Waals surface area contributed by atoms with E-state index < -0.39 is 23.1 Å². The fraction of sp³-hybridized carbons (Fsp3) is 0.250. The van der Waals surface area contributed by atoms with Crippen molar-refractivity contribution in [1.29, 1.82) is 0 Å². The molecule has 2 N–H and O–H groups in total. The Bertz CT molecular complexity index is 1150. The van der Waals surface area contributed by atoms with Gasteiger partial charge in [0.1, 0.15) is 17.2 Å². The van der Waals surface area contributed by atoms with Gasteiger partial charge in [0.15, 0.2) is 0 Å². The maximum atomic E-state index is 14.1. The minimum atomic E-state index is -0.791. The molecule has 0 aliphatic heterocycles. The lowest BCUT2D eigenvalue weighted by molar-refractivity contribution is 0.102. The van der Waals surface area contributed by atoms with Gasteiger partial charge in [-0.15, -0.1) is 0 Å². The van der Waals surface area contributed by atoms with Gasteiger partial charge in [-0.1, -0.05) is 0 Å². The monoisotopic (exact) mass is 402 g/mol. The van der Waals surface area contributed by atoms with Crippen LogP contribution in [0.25, 0.3) is 5.69 Å². The fourth-order valence-electron chi connectivity index (χ4n) is 3.13. The number of nitrogens with one attached hydrogen (secondary N) is 1. The van der Waals surface area contributed by atoms with Crippen LogP contribution in [0.1, 0.15) is 27.3 Å². The van der Waals surface area contributed by atoms with E-state index in [1.165, 1.54) is 12.3 Å². The molecule has 3 rings (SSSR count). The molecule has 1 aromatic carbocycles. The van der Waals surface area contributed by atoms with Crippen molar-refractivity contribution < 1.29 is 18.7 Å². The second-order valence-electron chi connectivity index (χ2n) is 6.59. The van der Waals surface area contributed by atoms with Gasteiger partial charge in [0, 0.05) is 12.3 Å². The second kappa shape index (κ2) is 7.96. The van der Waals surface area contributed by atoms with Crippen molar-refractivity contribution >= 4 is 11.6 Å². The molecule has 3 aromatic rings. The van der Waals surface area contributed by atoms with E-state index in [0.29, 0.717) is 22.6 Å². The lowest BCUT2D eigenvalue weighted by Gasteiger charge is -2.12. The Morgan fingerprint density at radius 1 is 1.21 bits per heavy atom. The second-order valence-corrected chi connectivity index (χ2v) is 6.59. The van der Waals surface area contributed by atoms with Crippen molar-refractivity contribution in [2.24, 2.45) is 0 Å². The Labute approximate surface area is 165 Å². The Balaban J connectivity index is 2.05. The number of rotatable bonds is 5. The summed E-state index contributed by atoms with van der Waals surface area (Å²) in [5, 5.41) is 16.0. The number of anilines is 1. The third-order valence-corrected chi connectivity index (χ3v) is 4.63. The molecule has 0 atom stereocenters. The summed E-state index contributed by atoms with van der Waals surface area (Å²) in [6.45, 7) is 5.14. The van der Waals surface area contributed by atoms with Gasteiger partial charge < -0.3 is 10.4 Å². The largest absolute Gasteiger partial charge is 0.394 e. The van der Waals surface area contributed by atoms with Gasteiger partial charge in [0.05, 0.1) is 35.9 Å². The molecule has 1 amide bonds. The van der Waals surface area contributed by atoms with Crippen LogP contribution in [-0.4, -0.2) is 32.0 Å². The molecule has 0 aliphatic rings. The summed E-state index contributed by atoms with van der Waals surface area (Å²) in [7, 11) is 0. The third-order valence-electron chi connectivity index (χ3n) is 4.63. The van der Waals surface area contributed by atoms with Crippen LogP contribution in [0.5, 0.6) is 0 Å². The molecule has 152 valence electrons. The van der Waals surface area contributed by atoms with E-state index in [2.05, 4.69) is 10.4 Å².